The van der Waals surface area contributed by atoms with Crippen LogP contribution in [0.25, 0.3) is 11.4 Å². The number of methoxy groups -OCH3 is 2. The zero-order chi connectivity index (χ0) is 23.9. The molecule has 9 nitrogen and oxygen atoms in total. The van der Waals surface area contributed by atoms with Crippen LogP contribution in [0.4, 0.5) is 0 Å². The van der Waals surface area contributed by atoms with Crippen molar-refractivity contribution in [2.24, 2.45) is 5.92 Å². The third-order valence-electron chi connectivity index (χ3n) is 6.22. The molecule has 2 aromatic heterocycles. The van der Waals surface area contributed by atoms with E-state index >= 15 is 0 Å². The van der Waals surface area contributed by atoms with Crippen LogP contribution in [0, 0.1) is 5.92 Å². The van der Waals surface area contributed by atoms with E-state index in [1.54, 1.807) is 20.5 Å². The topological polar surface area (TPSA) is 103 Å². The number of aromatic nitrogens is 2. The van der Waals surface area contributed by atoms with Gasteiger partial charge in [-0.2, -0.15) is 4.98 Å². The second kappa shape index (κ2) is 11.2. The van der Waals surface area contributed by atoms with Gasteiger partial charge in [-0.3, -0.25) is 9.69 Å². The van der Waals surface area contributed by atoms with E-state index in [4.69, 9.17) is 18.4 Å². The van der Waals surface area contributed by atoms with E-state index < -0.39 is 0 Å². The summed E-state index contributed by atoms with van der Waals surface area (Å²) >= 11 is 0. The minimum absolute atomic E-state index is 0.0346. The molecular weight excluding hydrogens is 436 g/mol. The molecule has 34 heavy (non-hydrogen) atoms. The number of piperidine rings is 1. The van der Waals surface area contributed by atoms with Crippen molar-refractivity contribution in [1.29, 1.82) is 0 Å². The number of nitrogens with zero attached hydrogens (tertiary/aromatic N) is 3. The first-order valence-corrected chi connectivity index (χ1v) is 11.7. The van der Waals surface area contributed by atoms with Crippen LogP contribution in [0.1, 0.15) is 37.8 Å². The normalized spacial score (nSPS) is 15.7. The lowest BCUT2D eigenvalue weighted by Crippen LogP contribution is -2.43. The number of amides is 1. The molecule has 182 valence electrons. The van der Waals surface area contributed by atoms with Gasteiger partial charge >= 0.3 is 0 Å². The predicted molar refractivity (Wildman–Crippen MR) is 125 cm³/mol. The number of ether oxygens (including phenoxy) is 2. The molecule has 0 spiro atoms. The standard InChI is InChI=1S/C25H32N4O5/c1-17(6-8-20-5-4-14-33-20)26-25(30)18-10-12-29(13-11-18)16-23-27-24(28-34-23)19-7-9-21(31-2)22(15-19)32-3/h4-5,7,9,14-15,17-18H,6,8,10-13,16H2,1-3H3,(H,26,30). The second-order valence-corrected chi connectivity index (χ2v) is 8.66. The Kier molecular flexibility index (Phi) is 7.84. The van der Waals surface area contributed by atoms with Gasteiger partial charge in [0.15, 0.2) is 11.5 Å². The first-order chi connectivity index (χ1) is 16.6. The number of carbonyl (C=O) groups is 1. The highest BCUT2D eigenvalue weighted by molar-refractivity contribution is 5.79. The van der Waals surface area contributed by atoms with Gasteiger partial charge in [0.25, 0.3) is 0 Å². The minimum atomic E-state index is 0.0346. The maximum Gasteiger partial charge on any atom is 0.241 e. The Morgan fingerprint density at radius 1 is 1.21 bits per heavy atom. The molecule has 4 rings (SSSR count). The number of aryl methyl sites for hydroxylation is 1. The van der Waals surface area contributed by atoms with Crippen molar-refractivity contribution in [2.45, 2.75) is 45.2 Å². The summed E-state index contributed by atoms with van der Waals surface area (Å²) in [5.74, 6) is 3.45. The first kappa shape index (κ1) is 23.8. The van der Waals surface area contributed by atoms with E-state index in [9.17, 15) is 4.79 Å². The number of rotatable bonds is 10. The fraction of sp³-hybridized carbons (Fsp3) is 0.480. The Hall–Kier alpha value is -3.33. The fourth-order valence-electron chi connectivity index (χ4n) is 4.20. The van der Waals surface area contributed by atoms with E-state index in [1.807, 2.05) is 37.3 Å². The van der Waals surface area contributed by atoms with Crippen LogP contribution >= 0.6 is 0 Å². The first-order valence-electron chi connectivity index (χ1n) is 11.7. The summed E-state index contributed by atoms with van der Waals surface area (Å²) in [6.45, 7) is 4.23. The Labute approximate surface area is 199 Å². The average Bonchev–Trinajstić information content (AvgIpc) is 3.55. The zero-order valence-electron chi connectivity index (χ0n) is 20.0. The molecule has 1 aromatic carbocycles. The summed E-state index contributed by atoms with van der Waals surface area (Å²) in [6, 6.07) is 9.48. The molecule has 1 atom stereocenters. The zero-order valence-corrected chi connectivity index (χ0v) is 20.0. The van der Waals surface area contributed by atoms with Crippen LogP contribution in [0.5, 0.6) is 11.5 Å². The average molecular weight is 469 g/mol. The van der Waals surface area contributed by atoms with Gasteiger partial charge in [0, 0.05) is 23.9 Å². The smallest absolute Gasteiger partial charge is 0.241 e. The summed E-state index contributed by atoms with van der Waals surface area (Å²) in [6.07, 6.45) is 4.98. The van der Waals surface area contributed by atoms with Gasteiger partial charge in [-0.1, -0.05) is 5.16 Å². The van der Waals surface area contributed by atoms with Gasteiger partial charge in [-0.25, -0.2) is 0 Å². The van der Waals surface area contributed by atoms with Crippen LogP contribution in [0.15, 0.2) is 45.5 Å². The van der Waals surface area contributed by atoms with E-state index in [0.29, 0.717) is 29.8 Å². The van der Waals surface area contributed by atoms with Crippen LogP contribution in [-0.4, -0.2) is 54.3 Å². The Bertz CT molecular complexity index is 1060. The highest BCUT2D eigenvalue weighted by Crippen LogP contribution is 2.31. The highest BCUT2D eigenvalue weighted by Gasteiger charge is 2.27. The van der Waals surface area contributed by atoms with Gasteiger partial charge in [0.05, 0.1) is 27.0 Å². The molecule has 0 saturated carbocycles. The summed E-state index contributed by atoms with van der Waals surface area (Å²) in [4.78, 5) is 19.5. The minimum Gasteiger partial charge on any atom is -0.493 e. The molecule has 9 heteroatoms. The molecule has 1 saturated heterocycles. The molecule has 0 bridgehead atoms. The van der Waals surface area contributed by atoms with Crippen LogP contribution in [0.2, 0.25) is 0 Å². The lowest BCUT2D eigenvalue weighted by molar-refractivity contribution is -0.127. The van der Waals surface area contributed by atoms with Crippen molar-refractivity contribution in [3.8, 4) is 22.9 Å². The van der Waals surface area contributed by atoms with Gasteiger partial charge in [0.2, 0.25) is 17.6 Å². The van der Waals surface area contributed by atoms with Gasteiger partial charge < -0.3 is 23.7 Å². The van der Waals surface area contributed by atoms with Gasteiger partial charge in [-0.05, 0) is 69.6 Å². The number of furan rings is 1. The third kappa shape index (κ3) is 5.96. The summed E-state index contributed by atoms with van der Waals surface area (Å²) < 4.78 is 21.5. The number of nitrogens with one attached hydrogen (secondary N) is 1. The summed E-state index contributed by atoms with van der Waals surface area (Å²) in [5, 5.41) is 7.27. The highest BCUT2D eigenvalue weighted by atomic mass is 16.5. The number of likely N-dealkylation sites (tertiary alicyclic amines) is 1. The molecule has 1 N–H and O–H groups in total. The molecule has 1 amide bonds. The fourth-order valence-corrected chi connectivity index (χ4v) is 4.20. The van der Waals surface area contributed by atoms with E-state index in [2.05, 4.69) is 20.4 Å². The molecule has 1 fully saturated rings. The molecule has 3 heterocycles. The van der Waals surface area contributed by atoms with Gasteiger partial charge in [0.1, 0.15) is 5.76 Å². The molecule has 1 aliphatic heterocycles. The Balaban J connectivity index is 1.23. The number of hydrogen-bond acceptors (Lipinski definition) is 8. The van der Waals surface area contributed by atoms with Crippen molar-refractivity contribution < 1.29 is 23.2 Å². The van der Waals surface area contributed by atoms with Gasteiger partial charge in [-0.15, -0.1) is 0 Å². The molecule has 1 unspecified atom stereocenters. The second-order valence-electron chi connectivity index (χ2n) is 8.66. The van der Waals surface area contributed by atoms with Crippen molar-refractivity contribution in [1.82, 2.24) is 20.4 Å². The van der Waals surface area contributed by atoms with Crippen LogP contribution < -0.4 is 14.8 Å². The maximum absolute atomic E-state index is 12.7. The number of benzene rings is 1. The van der Waals surface area contributed by atoms with Crippen LogP contribution in [-0.2, 0) is 17.8 Å². The predicted octanol–water partition coefficient (Wildman–Crippen LogP) is 3.70. The van der Waals surface area contributed by atoms with E-state index in [0.717, 1.165) is 50.1 Å². The quantitative estimate of drug-likeness (QED) is 0.481. The third-order valence-corrected chi connectivity index (χ3v) is 6.22. The number of hydrogen-bond donors (Lipinski definition) is 1. The van der Waals surface area contributed by atoms with Crippen molar-refractivity contribution in [3.63, 3.8) is 0 Å². The molecule has 0 radical (unpaired) electrons. The SMILES string of the molecule is COc1ccc(-c2noc(CN3CCC(C(=O)NC(C)CCc4ccco4)CC3)n2)cc1OC. The summed E-state index contributed by atoms with van der Waals surface area (Å²) in [7, 11) is 3.19. The maximum atomic E-state index is 12.7. The monoisotopic (exact) mass is 468 g/mol. The largest absolute Gasteiger partial charge is 0.493 e. The van der Waals surface area contributed by atoms with Crippen LogP contribution in [0.3, 0.4) is 0 Å². The lowest BCUT2D eigenvalue weighted by Gasteiger charge is -2.30. The molecule has 1 aliphatic rings. The Morgan fingerprint density at radius 3 is 2.71 bits per heavy atom. The number of carbonyl (C=O) groups excluding carboxylic acids is 1. The summed E-state index contributed by atoms with van der Waals surface area (Å²) in [5.41, 5.74) is 0.796. The van der Waals surface area contributed by atoms with Crippen molar-refractivity contribution in [2.75, 3.05) is 27.3 Å². The van der Waals surface area contributed by atoms with Crippen molar-refractivity contribution in [3.05, 3.63) is 48.2 Å². The van der Waals surface area contributed by atoms with Crippen molar-refractivity contribution >= 4 is 5.91 Å². The van der Waals surface area contributed by atoms with E-state index in [1.165, 1.54) is 0 Å². The molecule has 0 aliphatic carbocycles. The molecule has 3 aromatic rings. The van der Waals surface area contributed by atoms with E-state index in [-0.39, 0.29) is 17.9 Å². The lowest BCUT2D eigenvalue weighted by atomic mass is 9.95. The Morgan fingerprint density at radius 2 is 2.00 bits per heavy atom. The molecular formula is C25H32N4O5.